The molecule has 0 aliphatic rings. The molecule has 7 heteroatoms. The van der Waals surface area contributed by atoms with Crippen molar-refractivity contribution in [3.05, 3.63) is 39.2 Å². The van der Waals surface area contributed by atoms with Crippen molar-refractivity contribution in [2.45, 2.75) is 0 Å². The lowest BCUT2D eigenvalue weighted by Crippen LogP contribution is -1.85. The summed E-state index contributed by atoms with van der Waals surface area (Å²) in [7, 11) is 0. The summed E-state index contributed by atoms with van der Waals surface area (Å²) in [4.78, 5) is 0. The number of rotatable bonds is 2. The van der Waals surface area contributed by atoms with E-state index in [1.54, 1.807) is 0 Å². The van der Waals surface area contributed by atoms with Crippen LogP contribution in [0.4, 0.5) is 4.39 Å². The highest BCUT2D eigenvalue weighted by Gasteiger charge is 2.14. The monoisotopic (exact) mass is 332 g/mol. The summed E-state index contributed by atoms with van der Waals surface area (Å²) in [5.74, 6) is 0.00952. The number of hydrogen-bond donors (Lipinski definition) is 0. The minimum Gasteiger partial charge on any atom is -0.444 e. The molecule has 2 aromatic rings. The zero-order valence-electron chi connectivity index (χ0n) is 8.08. The first-order chi connectivity index (χ1) is 8.11. The van der Waals surface area contributed by atoms with Crippen molar-refractivity contribution >= 4 is 39.1 Å². The molecule has 0 spiro atoms. The fourth-order valence-corrected chi connectivity index (χ4v) is 2.33. The van der Waals surface area contributed by atoms with Crippen molar-refractivity contribution in [2.75, 3.05) is 0 Å². The Morgan fingerprint density at radius 1 is 1.53 bits per heavy atom. The third-order valence-corrected chi connectivity index (χ3v) is 3.54. The lowest BCUT2D eigenvalue weighted by molar-refractivity contribution is 0.492. The molecule has 0 saturated heterocycles. The van der Waals surface area contributed by atoms with E-state index in [0.29, 0.717) is 5.75 Å². The van der Waals surface area contributed by atoms with Gasteiger partial charge in [-0.3, -0.25) is 0 Å². The maximum absolute atomic E-state index is 13.0. The van der Waals surface area contributed by atoms with Gasteiger partial charge >= 0.3 is 0 Å². The van der Waals surface area contributed by atoms with E-state index in [-0.39, 0.29) is 26.1 Å². The Morgan fingerprint density at radius 2 is 2.29 bits per heavy atom. The summed E-state index contributed by atoms with van der Waals surface area (Å²) in [6, 6.07) is 6.07. The molecule has 3 nitrogen and oxygen atoms in total. The molecule has 0 N–H and O–H groups in total. The molecule has 86 valence electrons. The molecule has 0 amide bonds. The Morgan fingerprint density at radius 3 is 2.94 bits per heavy atom. The Hall–Kier alpha value is -1.16. The lowest BCUT2D eigenvalue weighted by atomic mass is 10.3. The summed E-state index contributed by atoms with van der Waals surface area (Å²) < 4.78 is 22.5. The number of hydrogen-bond acceptors (Lipinski definition) is 4. The average molecular weight is 334 g/mol. The highest BCUT2D eigenvalue weighted by molar-refractivity contribution is 9.10. The highest BCUT2D eigenvalue weighted by atomic mass is 79.9. The molecule has 0 unspecified atom stereocenters. The van der Waals surface area contributed by atoms with Crippen LogP contribution < -0.4 is 4.74 Å². The molecule has 1 heterocycles. The fraction of sp³-hybridized carbons (Fsp3) is 0. The Kier molecular flexibility index (Phi) is 3.62. The van der Waals surface area contributed by atoms with E-state index in [9.17, 15) is 4.39 Å². The lowest BCUT2D eigenvalue weighted by Gasteiger charge is -2.03. The second kappa shape index (κ2) is 5.00. The standard InChI is InChI=1S/C10H3BrClFN2OS/c11-7-3-5(1-2-8(7)13)16-10-6(4-14)9(12)15-17-10/h1-3H. The summed E-state index contributed by atoms with van der Waals surface area (Å²) >= 11 is 9.71. The zero-order valence-corrected chi connectivity index (χ0v) is 11.2. The summed E-state index contributed by atoms with van der Waals surface area (Å²) in [5.41, 5.74) is 0.178. The van der Waals surface area contributed by atoms with Gasteiger partial charge < -0.3 is 4.74 Å². The van der Waals surface area contributed by atoms with Crippen LogP contribution in [0.2, 0.25) is 5.15 Å². The molecule has 0 saturated carbocycles. The largest absolute Gasteiger partial charge is 0.444 e. The van der Waals surface area contributed by atoms with Crippen LogP contribution in [0.3, 0.4) is 0 Å². The Bertz CT molecular complexity index is 611. The molecular weight excluding hydrogens is 331 g/mol. The van der Waals surface area contributed by atoms with E-state index in [1.165, 1.54) is 18.2 Å². The van der Waals surface area contributed by atoms with E-state index in [4.69, 9.17) is 21.6 Å². The summed E-state index contributed by atoms with van der Waals surface area (Å²) in [6.45, 7) is 0. The van der Waals surface area contributed by atoms with Gasteiger partial charge in [-0.15, -0.1) is 0 Å². The number of halogens is 3. The van der Waals surface area contributed by atoms with Crippen LogP contribution in [0.25, 0.3) is 0 Å². The van der Waals surface area contributed by atoms with Gasteiger partial charge in [0.2, 0.25) is 5.06 Å². The number of aromatic nitrogens is 1. The molecule has 1 aromatic carbocycles. The predicted octanol–water partition coefficient (Wildman–Crippen LogP) is 4.36. The molecular formula is C10H3BrClFN2OS. The molecule has 2 rings (SSSR count). The third-order valence-electron chi connectivity index (χ3n) is 1.83. The van der Waals surface area contributed by atoms with Gasteiger partial charge in [0, 0.05) is 11.5 Å². The Balaban J connectivity index is 2.32. The maximum Gasteiger partial charge on any atom is 0.219 e. The summed E-state index contributed by atoms with van der Waals surface area (Å²) in [5, 5.41) is 9.24. The van der Waals surface area contributed by atoms with Crippen LogP contribution >= 0.6 is 39.1 Å². The number of nitriles is 1. The number of nitrogens with zero attached hydrogens (tertiary/aromatic N) is 2. The van der Waals surface area contributed by atoms with Gasteiger partial charge in [0.05, 0.1) is 4.47 Å². The maximum atomic E-state index is 13.0. The van der Waals surface area contributed by atoms with Crippen LogP contribution in [0.5, 0.6) is 10.8 Å². The normalized spacial score (nSPS) is 10.0. The van der Waals surface area contributed by atoms with Crippen molar-refractivity contribution in [3.63, 3.8) is 0 Å². The van der Waals surface area contributed by atoms with Gasteiger partial charge in [0.25, 0.3) is 0 Å². The average Bonchev–Trinajstić information content (AvgIpc) is 2.64. The quantitative estimate of drug-likeness (QED) is 0.820. The van der Waals surface area contributed by atoms with Crippen molar-refractivity contribution in [1.82, 2.24) is 4.37 Å². The van der Waals surface area contributed by atoms with Gasteiger partial charge in [-0.2, -0.15) is 9.64 Å². The van der Waals surface area contributed by atoms with Crippen molar-refractivity contribution < 1.29 is 9.13 Å². The molecule has 17 heavy (non-hydrogen) atoms. The fourth-order valence-electron chi connectivity index (χ4n) is 1.07. The van der Waals surface area contributed by atoms with Crippen molar-refractivity contribution in [2.24, 2.45) is 0 Å². The molecule has 0 aliphatic heterocycles. The number of benzene rings is 1. The van der Waals surface area contributed by atoms with E-state index in [2.05, 4.69) is 20.3 Å². The van der Waals surface area contributed by atoms with Gasteiger partial charge in [0.1, 0.15) is 23.2 Å². The first-order valence-corrected chi connectivity index (χ1v) is 6.24. The van der Waals surface area contributed by atoms with Crippen LogP contribution in [-0.2, 0) is 0 Å². The minimum absolute atomic E-state index is 0.105. The van der Waals surface area contributed by atoms with Crippen molar-refractivity contribution in [1.29, 1.82) is 5.26 Å². The van der Waals surface area contributed by atoms with E-state index < -0.39 is 0 Å². The molecule has 0 bridgehead atoms. The van der Waals surface area contributed by atoms with Gasteiger partial charge in [-0.05, 0) is 34.1 Å². The molecule has 0 atom stereocenters. The Labute approximate surface area is 114 Å². The first-order valence-electron chi connectivity index (χ1n) is 4.30. The minimum atomic E-state index is -0.389. The molecule has 0 fully saturated rings. The van der Waals surface area contributed by atoms with Crippen LogP contribution in [0.15, 0.2) is 22.7 Å². The third kappa shape index (κ3) is 2.57. The first kappa shape index (κ1) is 12.3. The highest BCUT2D eigenvalue weighted by Crippen LogP contribution is 2.34. The number of ether oxygens (including phenoxy) is 1. The van der Waals surface area contributed by atoms with Crippen LogP contribution in [-0.4, -0.2) is 4.37 Å². The van der Waals surface area contributed by atoms with E-state index in [0.717, 1.165) is 11.5 Å². The van der Waals surface area contributed by atoms with Crippen LogP contribution in [0, 0.1) is 17.1 Å². The molecule has 0 radical (unpaired) electrons. The van der Waals surface area contributed by atoms with Crippen molar-refractivity contribution in [3.8, 4) is 16.9 Å². The second-order valence-electron chi connectivity index (χ2n) is 2.93. The SMILES string of the molecule is N#Cc1c(Cl)nsc1Oc1ccc(F)c(Br)c1. The van der Waals surface area contributed by atoms with Crippen LogP contribution in [0.1, 0.15) is 5.56 Å². The summed E-state index contributed by atoms with van der Waals surface area (Å²) in [6.07, 6.45) is 0. The van der Waals surface area contributed by atoms with E-state index >= 15 is 0 Å². The van der Waals surface area contributed by atoms with Gasteiger partial charge in [-0.1, -0.05) is 11.6 Å². The zero-order chi connectivity index (χ0) is 12.4. The predicted molar refractivity (Wildman–Crippen MR) is 66.0 cm³/mol. The van der Waals surface area contributed by atoms with Gasteiger partial charge in [-0.25, -0.2) is 4.39 Å². The molecule has 0 aliphatic carbocycles. The second-order valence-corrected chi connectivity index (χ2v) is 4.87. The van der Waals surface area contributed by atoms with E-state index in [1.807, 2.05) is 6.07 Å². The topological polar surface area (TPSA) is 45.9 Å². The van der Waals surface area contributed by atoms with Gasteiger partial charge in [0.15, 0.2) is 5.15 Å². The molecule has 1 aromatic heterocycles. The smallest absolute Gasteiger partial charge is 0.219 e.